The zero-order valence-electron chi connectivity index (χ0n) is 8.96. The number of hydrogen-bond acceptors (Lipinski definition) is 3. The Bertz CT molecular complexity index is 324. The first kappa shape index (κ1) is 12.2. The van der Waals surface area contributed by atoms with E-state index in [4.69, 9.17) is 11.6 Å². The largest absolute Gasteiger partial charge is 0.294 e. The summed E-state index contributed by atoms with van der Waals surface area (Å²) in [7, 11) is 3.72. The quantitative estimate of drug-likeness (QED) is 0.616. The van der Waals surface area contributed by atoms with E-state index in [0.717, 1.165) is 0 Å². The highest BCUT2D eigenvalue weighted by Gasteiger charge is 2.06. The lowest BCUT2D eigenvalue weighted by Gasteiger charge is -2.13. The topological polar surface area (TPSA) is 32.3 Å². The normalized spacial score (nSPS) is 10.7. The number of nitrogens with zero attached hydrogens (tertiary/aromatic N) is 1. The molecule has 0 saturated carbocycles. The average molecular weight is 227 g/mol. The van der Waals surface area contributed by atoms with Crippen molar-refractivity contribution in [2.24, 2.45) is 0 Å². The Kier molecular flexibility index (Phi) is 4.75. The van der Waals surface area contributed by atoms with Gasteiger partial charge in [-0.1, -0.05) is 11.6 Å². The molecule has 1 aromatic carbocycles. The second kappa shape index (κ2) is 5.85. The van der Waals surface area contributed by atoms with Crippen LogP contribution in [0.1, 0.15) is 16.8 Å². The maximum atomic E-state index is 11.7. The Balaban J connectivity index is 2.50. The molecule has 15 heavy (non-hydrogen) atoms. The molecule has 4 heteroatoms. The van der Waals surface area contributed by atoms with Crippen LogP contribution < -0.4 is 5.43 Å². The van der Waals surface area contributed by atoms with Gasteiger partial charge in [0.05, 0.1) is 0 Å². The second-order valence-electron chi connectivity index (χ2n) is 3.33. The van der Waals surface area contributed by atoms with E-state index in [2.05, 4.69) is 5.43 Å². The number of carbonyl (C=O) groups is 1. The molecule has 1 aromatic rings. The Hall–Kier alpha value is -0.900. The molecule has 1 rings (SSSR count). The molecule has 0 unspecified atom stereocenters. The van der Waals surface area contributed by atoms with Crippen LogP contribution in [-0.2, 0) is 0 Å². The molecule has 0 fully saturated rings. The number of rotatable bonds is 5. The first-order valence-corrected chi connectivity index (χ1v) is 5.18. The van der Waals surface area contributed by atoms with E-state index in [9.17, 15) is 4.79 Å². The standard InChI is InChI=1S/C11H15ClN2O/c1-13-14(2)8-7-11(15)9-3-5-10(12)6-4-9/h3-6,13H,7-8H2,1-2H3. The van der Waals surface area contributed by atoms with Crippen molar-refractivity contribution in [2.45, 2.75) is 6.42 Å². The number of hydrazine groups is 1. The van der Waals surface area contributed by atoms with Crippen molar-refractivity contribution >= 4 is 17.4 Å². The Morgan fingerprint density at radius 3 is 2.53 bits per heavy atom. The van der Waals surface area contributed by atoms with E-state index in [1.807, 2.05) is 19.1 Å². The minimum atomic E-state index is 0.133. The van der Waals surface area contributed by atoms with Crippen molar-refractivity contribution in [1.82, 2.24) is 10.4 Å². The van der Waals surface area contributed by atoms with E-state index in [1.54, 1.807) is 24.3 Å². The maximum absolute atomic E-state index is 11.7. The number of Topliss-reactive ketones (excluding diaryl/α,β-unsaturated/α-hetero) is 1. The fourth-order valence-electron chi connectivity index (χ4n) is 1.16. The van der Waals surface area contributed by atoms with Crippen molar-refractivity contribution in [1.29, 1.82) is 0 Å². The number of benzene rings is 1. The summed E-state index contributed by atoms with van der Waals surface area (Å²) in [5, 5.41) is 2.52. The van der Waals surface area contributed by atoms with Gasteiger partial charge >= 0.3 is 0 Å². The third-order valence-electron chi connectivity index (χ3n) is 2.22. The van der Waals surface area contributed by atoms with Crippen LogP contribution in [0.15, 0.2) is 24.3 Å². The predicted octanol–water partition coefficient (Wildman–Crippen LogP) is 1.98. The average Bonchev–Trinajstić information content (AvgIpc) is 2.26. The summed E-state index contributed by atoms with van der Waals surface area (Å²) in [6.45, 7) is 0.692. The molecule has 0 amide bonds. The molecular formula is C11H15ClN2O. The van der Waals surface area contributed by atoms with E-state index in [1.165, 1.54) is 0 Å². The van der Waals surface area contributed by atoms with E-state index in [0.29, 0.717) is 23.6 Å². The van der Waals surface area contributed by atoms with Gasteiger partial charge in [-0.05, 0) is 31.3 Å². The molecule has 0 bridgehead atoms. The molecule has 0 aromatic heterocycles. The van der Waals surface area contributed by atoms with Gasteiger partial charge in [0.1, 0.15) is 0 Å². The number of hydrogen-bond donors (Lipinski definition) is 1. The summed E-state index contributed by atoms with van der Waals surface area (Å²) in [6, 6.07) is 6.97. The number of carbonyl (C=O) groups excluding carboxylic acids is 1. The van der Waals surface area contributed by atoms with Crippen molar-refractivity contribution in [3.8, 4) is 0 Å². The first-order chi connectivity index (χ1) is 7.13. The minimum absolute atomic E-state index is 0.133. The summed E-state index contributed by atoms with van der Waals surface area (Å²) in [6.07, 6.45) is 0.499. The molecule has 0 aliphatic rings. The van der Waals surface area contributed by atoms with Gasteiger partial charge in [-0.2, -0.15) is 0 Å². The summed E-state index contributed by atoms with van der Waals surface area (Å²) in [5.41, 5.74) is 3.65. The third kappa shape index (κ3) is 4.00. The van der Waals surface area contributed by atoms with Crippen molar-refractivity contribution in [3.05, 3.63) is 34.9 Å². The molecule has 0 radical (unpaired) electrons. The molecule has 0 aliphatic carbocycles. The van der Waals surface area contributed by atoms with Crippen molar-refractivity contribution < 1.29 is 4.79 Å². The SMILES string of the molecule is CNN(C)CCC(=O)c1ccc(Cl)cc1. The molecule has 0 heterocycles. The van der Waals surface area contributed by atoms with Gasteiger partial charge in [0.25, 0.3) is 0 Å². The fraction of sp³-hybridized carbons (Fsp3) is 0.364. The van der Waals surface area contributed by atoms with Crippen LogP contribution in [-0.4, -0.2) is 31.4 Å². The van der Waals surface area contributed by atoms with E-state index < -0.39 is 0 Å². The number of nitrogens with one attached hydrogen (secondary N) is 1. The summed E-state index contributed by atoms with van der Waals surface area (Å²) < 4.78 is 0. The highest BCUT2D eigenvalue weighted by Crippen LogP contribution is 2.11. The van der Waals surface area contributed by atoms with E-state index in [-0.39, 0.29) is 5.78 Å². The van der Waals surface area contributed by atoms with E-state index >= 15 is 0 Å². The van der Waals surface area contributed by atoms with Gasteiger partial charge in [0, 0.05) is 30.6 Å². The summed E-state index contributed by atoms with van der Waals surface area (Å²) in [5.74, 6) is 0.133. The first-order valence-electron chi connectivity index (χ1n) is 4.81. The molecule has 1 N–H and O–H groups in total. The smallest absolute Gasteiger partial charge is 0.164 e. The van der Waals surface area contributed by atoms with Crippen LogP contribution in [0.3, 0.4) is 0 Å². The number of ketones is 1. The van der Waals surface area contributed by atoms with Gasteiger partial charge < -0.3 is 0 Å². The zero-order valence-corrected chi connectivity index (χ0v) is 9.71. The molecule has 0 atom stereocenters. The lowest BCUT2D eigenvalue weighted by atomic mass is 10.1. The predicted molar refractivity (Wildman–Crippen MR) is 62.1 cm³/mol. The fourth-order valence-corrected chi connectivity index (χ4v) is 1.29. The lowest BCUT2D eigenvalue weighted by Crippen LogP contribution is -2.32. The number of halogens is 1. The highest BCUT2D eigenvalue weighted by atomic mass is 35.5. The minimum Gasteiger partial charge on any atom is -0.294 e. The Morgan fingerprint density at radius 1 is 1.40 bits per heavy atom. The molecule has 0 spiro atoms. The van der Waals surface area contributed by atoms with Crippen LogP contribution in [0.4, 0.5) is 0 Å². The molecule has 3 nitrogen and oxygen atoms in total. The van der Waals surface area contributed by atoms with Gasteiger partial charge in [0.15, 0.2) is 5.78 Å². The van der Waals surface area contributed by atoms with Crippen LogP contribution in [0.25, 0.3) is 0 Å². The summed E-state index contributed by atoms with van der Waals surface area (Å²) in [4.78, 5) is 11.7. The van der Waals surface area contributed by atoms with Gasteiger partial charge in [-0.15, -0.1) is 0 Å². The van der Waals surface area contributed by atoms with Crippen LogP contribution in [0.2, 0.25) is 5.02 Å². The van der Waals surface area contributed by atoms with Gasteiger partial charge in [0.2, 0.25) is 0 Å². The molecule has 0 saturated heterocycles. The van der Waals surface area contributed by atoms with Crippen LogP contribution in [0.5, 0.6) is 0 Å². The monoisotopic (exact) mass is 226 g/mol. The van der Waals surface area contributed by atoms with Crippen LogP contribution in [0, 0.1) is 0 Å². The van der Waals surface area contributed by atoms with Crippen molar-refractivity contribution in [3.63, 3.8) is 0 Å². The van der Waals surface area contributed by atoms with Crippen molar-refractivity contribution in [2.75, 3.05) is 20.6 Å². The lowest BCUT2D eigenvalue weighted by molar-refractivity contribution is 0.0961. The third-order valence-corrected chi connectivity index (χ3v) is 2.47. The Morgan fingerprint density at radius 2 is 2.00 bits per heavy atom. The zero-order chi connectivity index (χ0) is 11.3. The molecular weight excluding hydrogens is 212 g/mol. The summed E-state index contributed by atoms with van der Waals surface area (Å²) >= 11 is 5.74. The maximum Gasteiger partial charge on any atom is 0.164 e. The highest BCUT2D eigenvalue weighted by molar-refractivity contribution is 6.30. The van der Waals surface area contributed by atoms with Crippen LogP contribution >= 0.6 is 11.6 Å². The Labute approximate surface area is 95.0 Å². The van der Waals surface area contributed by atoms with Gasteiger partial charge in [-0.3, -0.25) is 10.2 Å². The van der Waals surface area contributed by atoms with Gasteiger partial charge in [-0.25, -0.2) is 5.01 Å². The molecule has 82 valence electrons. The second-order valence-corrected chi connectivity index (χ2v) is 3.76. The molecule has 0 aliphatic heterocycles.